The summed E-state index contributed by atoms with van der Waals surface area (Å²) in [6.07, 6.45) is 11.7. The average molecular weight is 322 g/mol. The van der Waals surface area contributed by atoms with Crippen molar-refractivity contribution in [3.8, 4) is 0 Å². The van der Waals surface area contributed by atoms with E-state index in [1.165, 1.54) is 25.7 Å². The van der Waals surface area contributed by atoms with E-state index in [0.717, 1.165) is 30.4 Å². The first-order valence-electron chi connectivity index (χ1n) is 8.74. The molecule has 4 nitrogen and oxygen atoms in total. The van der Waals surface area contributed by atoms with Crippen LogP contribution in [0.15, 0.2) is 23.3 Å². The molecule has 2 fully saturated rings. The topological polar surface area (TPSA) is 52.6 Å². The fourth-order valence-electron chi connectivity index (χ4n) is 2.64. The van der Waals surface area contributed by atoms with Crippen molar-refractivity contribution in [2.24, 2.45) is 0 Å². The van der Waals surface area contributed by atoms with E-state index >= 15 is 0 Å². The molecular formula is C19H30O4. The van der Waals surface area contributed by atoms with E-state index in [1.54, 1.807) is 0 Å². The van der Waals surface area contributed by atoms with Crippen molar-refractivity contribution in [2.45, 2.75) is 84.8 Å². The molecule has 0 spiro atoms. The summed E-state index contributed by atoms with van der Waals surface area (Å²) >= 11 is 0. The standard InChI is InChI=1S/C12H20O2.C7H10O2/c1-3-4-5-6-7-8-11-9-10(2)14-12(11)13;1-3-6-4-5(2)9-7(6)8/h8,10H,3-7,9H2,1-2H3;3,5H,4H2,1-2H3. The highest BCUT2D eigenvalue weighted by Crippen LogP contribution is 2.21. The molecule has 0 aromatic rings. The molecule has 2 aliphatic heterocycles. The number of ether oxygens (including phenoxy) is 2. The Hall–Kier alpha value is -1.58. The number of allylic oxidation sites excluding steroid dienone is 2. The maximum absolute atomic E-state index is 11.2. The highest BCUT2D eigenvalue weighted by molar-refractivity contribution is 5.90. The predicted molar refractivity (Wildman–Crippen MR) is 90.9 cm³/mol. The molecule has 2 rings (SSSR count). The second kappa shape index (κ2) is 10.2. The first-order chi connectivity index (χ1) is 11.0. The predicted octanol–water partition coefficient (Wildman–Crippen LogP) is 4.49. The van der Waals surface area contributed by atoms with Gasteiger partial charge in [0.1, 0.15) is 12.2 Å². The zero-order valence-corrected chi connectivity index (χ0v) is 14.9. The molecule has 2 unspecified atom stereocenters. The van der Waals surface area contributed by atoms with E-state index in [4.69, 9.17) is 9.47 Å². The fraction of sp³-hybridized carbons (Fsp3) is 0.684. The lowest BCUT2D eigenvalue weighted by molar-refractivity contribution is -0.139. The van der Waals surface area contributed by atoms with Crippen LogP contribution in [0, 0.1) is 0 Å². The molecule has 0 aromatic carbocycles. The molecule has 2 aliphatic rings. The van der Waals surface area contributed by atoms with Crippen LogP contribution >= 0.6 is 0 Å². The van der Waals surface area contributed by atoms with Gasteiger partial charge in [-0.05, 0) is 33.6 Å². The lowest BCUT2D eigenvalue weighted by Gasteiger charge is -1.95. The minimum atomic E-state index is -0.148. The van der Waals surface area contributed by atoms with Crippen molar-refractivity contribution >= 4 is 11.9 Å². The van der Waals surface area contributed by atoms with E-state index in [2.05, 4.69) is 13.0 Å². The van der Waals surface area contributed by atoms with Gasteiger partial charge >= 0.3 is 11.9 Å². The smallest absolute Gasteiger partial charge is 0.334 e. The van der Waals surface area contributed by atoms with Crippen LogP contribution in [0.25, 0.3) is 0 Å². The number of unbranched alkanes of at least 4 members (excludes halogenated alkanes) is 4. The first kappa shape index (κ1) is 19.5. The molecule has 0 aromatic heterocycles. The molecule has 2 atom stereocenters. The number of carbonyl (C=O) groups is 2. The number of rotatable bonds is 5. The Balaban J connectivity index is 0.000000253. The number of hydrogen-bond acceptors (Lipinski definition) is 4. The Morgan fingerprint density at radius 3 is 1.91 bits per heavy atom. The van der Waals surface area contributed by atoms with Gasteiger partial charge in [0.05, 0.1) is 0 Å². The van der Waals surface area contributed by atoms with Gasteiger partial charge in [0, 0.05) is 24.0 Å². The zero-order valence-electron chi connectivity index (χ0n) is 14.9. The maximum atomic E-state index is 11.2. The van der Waals surface area contributed by atoms with Gasteiger partial charge in [0.15, 0.2) is 0 Å². The Morgan fingerprint density at radius 1 is 0.957 bits per heavy atom. The normalized spacial score (nSPS) is 27.0. The van der Waals surface area contributed by atoms with E-state index in [1.807, 2.05) is 26.8 Å². The monoisotopic (exact) mass is 322 g/mol. The van der Waals surface area contributed by atoms with E-state index in [9.17, 15) is 9.59 Å². The molecule has 23 heavy (non-hydrogen) atoms. The second-order valence-electron chi connectivity index (χ2n) is 6.23. The minimum Gasteiger partial charge on any atom is -0.459 e. The van der Waals surface area contributed by atoms with E-state index in [-0.39, 0.29) is 24.1 Å². The van der Waals surface area contributed by atoms with Crippen molar-refractivity contribution in [1.82, 2.24) is 0 Å². The third-order valence-electron chi connectivity index (χ3n) is 3.95. The summed E-state index contributed by atoms with van der Waals surface area (Å²) in [6.45, 7) is 7.90. The van der Waals surface area contributed by atoms with Gasteiger partial charge in [0.2, 0.25) is 0 Å². The van der Waals surface area contributed by atoms with Crippen molar-refractivity contribution in [3.05, 3.63) is 23.3 Å². The maximum Gasteiger partial charge on any atom is 0.334 e. The Kier molecular flexibility index (Phi) is 8.67. The van der Waals surface area contributed by atoms with Gasteiger partial charge in [-0.25, -0.2) is 9.59 Å². The Labute approximate surface area is 139 Å². The third kappa shape index (κ3) is 7.02. The minimum absolute atomic E-state index is 0.0868. The molecule has 0 aliphatic carbocycles. The third-order valence-corrected chi connectivity index (χ3v) is 3.95. The van der Waals surface area contributed by atoms with Crippen LogP contribution < -0.4 is 0 Å². The van der Waals surface area contributed by atoms with Crippen LogP contribution in [0.5, 0.6) is 0 Å². The SMILES string of the molecule is CC=C1CC(C)OC1=O.CCCCCCC=C1CC(C)OC1=O. The molecule has 0 saturated carbocycles. The van der Waals surface area contributed by atoms with Crippen LogP contribution in [0.2, 0.25) is 0 Å². The van der Waals surface area contributed by atoms with E-state index < -0.39 is 0 Å². The van der Waals surface area contributed by atoms with Crippen LogP contribution in [0.1, 0.15) is 72.6 Å². The van der Waals surface area contributed by atoms with E-state index in [0.29, 0.717) is 0 Å². The lowest BCUT2D eigenvalue weighted by Crippen LogP contribution is -1.99. The van der Waals surface area contributed by atoms with Crippen LogP contribution in [0.3, 0.4) is 0 Å². The number of cyclic esters (lactones) is 2. The quantitative estimate of drug-likeness (QED) is 0.425. The molecule has 130 valence electrons. The van der Waals surface area contributed by atoms with Crippen LogP contribution in [0.4, 0.5) is 0 Å². The molecule has 0 bridgehead atoms. The van der Waals surface area contributed by atoms with Crippen molar-refractivity contribution in [1.29, 1.82) is 0 Å². The van der Waals surface area contributed by atoms with Gasteiger partial charge in [-0.2, -0.15) is 0 Å². The summed E-state index contributed by atoms with van der Waals surface area (Å²) in [5.74, 6) is -0.252. The average Bonchev–Trinajstić information content (AvgIpc) is 3.00. The van der Waals surface area contributed by atoms with Gasteiger partial charge < -0.3 is 9.47 Å². The molecular weight excluding hydrogens is 292 g/mol. The molecule has 0 amide bonds. The molecule has 4 heteroatoms. The first-order valence-corrected chi connectivity index (χ1v) is 8.74. The second-order valence-corrected chi connectivity index (χ2v) is 6.23. The summed E-state index contributed by atoms with van der Waals surface area (Å²) in [5, 5.41) is 0. The Morgan fingerprint density at radius 2 is 1.52 bits per heavy atom. The molecule has 0 radical (unpaired) electrons. The fourth-order valence-corrected chi connectivity index (χ4v) is 2.64. The number of hydrogen-bond donors (Lipinski definition) is 0. The molecule has 2 heterocycles. The Bertz CT molecular complexity index is 462. The summed E-state index contributed by atoms with van der Waals surface area (Å²) < 4.78 is 9.90. The summed E-state index contributed by atoms with van der Waals surface area (Å²) in [7, 11) is 0. The van der Waals surface area contributed by atoms with Crippen molar-refractivity contribution in [2.75, 3.05) is 0 Å². The largest absolute Gasteiger partial charge is 0.459 e. The van der Waals surface area contributed by atoms with Gasteiger partial charge in [-0.1, -0.05) is 38.3 Å². The van der Waals surface area contributed by atoms with Crippen molar-refractivity contribution < 1.29 is 19.1 Å². The highest BCUT2D eigenvalue weighted by atomic mass is 16.6. The zero-order chi connectivity index (χ0) is 17.2. The number of esters is 2. The van der Waals surface area contributed by atoms with Gasteiger partial charge in [-0.15, -0.1) is 0 Å². The number of carbonyl (C=O) groups excluding carboxylic acids is 2. The molecule has 0 N–H and O–H groups in total. The van der Waals surface area contributed by atoms with Crippen molar-refractivity contribution in [3.63, 3.8) is 0 Å². The van der Waals surface area contributed by atoms with Gasteiger partial charge in [0.25, 0.3) is 0 Å². The summed E-state index contributed by atoms with van der Waals surface area (Å²) in [5.41, 5.74) is 1.69. The van der Waals surface area contributed by atoms with Crippen LogP contribution in [-0.2, 0) is 19.1 Å². The summed E-state index contributed by atoms with van der Waals surface area (Å²) in [6, 6.07) is 0. The summed E-state index contributed by atoms with van der Waals surface area (Å²) in [4.78, 5) is 21.9. The van der Waals surface area contributed by atoms with Gasteiger partial charge in [-0.3, -0.25) is 0 Å². The lowest BCUT2D eigenvalue weighted by atomic mass is 10.1. The highest BCUT2D eigenvalue weighted by Gasteiger charge is 2.24. The molecule has 2 saturated heterocycles. The van der Waals surface area contributed by atoms with Crippen LogP contribution in [-0.4, -0.2) is 24.1 Å².